The topological polar surface area (TPSA) is 105 Å². The highest BCUT2D eigenvalue weighted by molar-refractivity contribution is 6.33. The SMILES string of the molecule is CC(C)(C)NNc1ncnc(Nc2cc(C(F)(F)F)ccc2Cl)c1[N+](=O)[O-]. The van der Waals surface area contributed by atoms with Crippen molar-refractivity contribution in [2.45, 2.75) is 32.5 Å². The Morgan fingerprint density at radius 2 is 1.78 bits per heavy atom. The average molecular weight is 405 g/mol. The van der Waals surface area contributed by atoms with Gasteiger partial charge in [0.25, 0.3) is 0 Å². The Kier molecular flexibility index (Phi) is 5.76. The lowest BCUT2D eigenvalue weighted by Gasteiger charge is -2.21. The van der Waals surface area contributed by atoms with E-state index >= 15 is 0 Å². The predicted molar refractivity (Wildman–Crippen MR) is 94.9 cm³/mol. The van der Waals surface area contributed by atoms with Gasteiger partial charge in [0.05, 0.1) is 21.2 Å². The Morgan fingerprint density at radius 1 is 1.15 bits per heavy atom. The van der Waals surface area contributed by atoms with Crippen LogP contribution in [0.4, 0.5) is 36.2 Å². The van der Waals surface area contributed by atoms with Crippen molar-refractivity contribution in [3.8, 4) is 0 Å². The predicted octanol–water partition coefficient (Wildman–Crippen LogP) is 4.52. The molecule has 0 atom stereocenters. The van der Waals surface area contributed by atoms with Gasteiger partial charge in [-0.05, 0) is 39.0 Å². The summed E-state index contributed by atoms with van der Waals surface area (Å²) >= 11 is 5.92. The van der Waals surface area contributed by atoms with Gasteiger partial charge in [0, 0.05) is 5.54 Å². The van der Waals surface area contributed by atoms with Crippen molar-refractivity contribution in [3.63, 3.8) is 0 Å². The van der Waals surface area contributed by atoms with Gasteiger partial charge in [0.2, 0.25) is 11.6 Å². The molecule has 1 heterocycles. The third-order valence-electron chi connectivity index (χ3n) is 3.11. The van der Waals surface area contributed by atoms with Crippen LogP contribution in [0.25, 0.3) is 0 Å². The lowest BCUT2D eigenvalue weighted by atomic mass is 10.1. The van der Waals surface area contributed by atoms with Gasteiger partial charge in [0.1, 0.15) is 6.33 Å². The van der Waals surface area contributed by atoms with Gasteiger partial charge in [0.15, 0.2) is 0 Å². The van der Waals surface area contributed by atoms with E-state index in [4.69, 9.17) is 11.6 Å². The molecule has 3 N–H and O–H groups in total. The van der Waals surface area contributed by atoms with Gasteiger partial charge in [-0.2, -0.15) is 13.2 Å². The van der Waals surface area contributed by atoms with Gasteiger partial charge in [-0.1, -0.05) is 11.6 Å². The number of hydrazine groups is 1. The fraction of sp³-hybridized carbons (Fsp3) is 0.333. The highest BCUT2D eigenvalue weighted by atomic mass is 35.5. The molecule has 0 saturated carbocycles. The zero-order chi connectivity index (χ0) is 20.4. The summed E-state index contributed by atoms with van der Waals surface area (Å²) in [5.41, 5.74) is 3.31. The maximum absolute atomic E-state index is 12.9. The molecule has 0 amide bonds. The molecule has 12 heteroatoms. The monoisotopic (exact) mass is 404 g/mol. The van der Waals surface area contributed by atoms with Crippen LogP contribution >= 0.6 is 11.6 Å². The smallest absolute Gasteiger partial charge is 0.333 e. The molecule has 1 aromatic heterocycles. The summed E-state index contributed by atoms with van der Waals surface area (Å²) in [6.07, 6.45) is -3.56. The minimum absolute atomic E-state index is 0.0572. The number of alkyl halides is 3. The van der Waals surface area contributed by atoms with Crippen LogP contribution in [0.15, 0.2) is 24.5 Å². The zero-order valence-electron chi connectivity index (χ0n) is 14.5. The van der Waals surface area contributed by atoms with Crippen LogP contribution in [-0.4, -0.2) is 20.4 Å². The zero-order valence-corrected chi connectivity index (χ0v) is 15.2. The second-order valence-corrected chi connectivity index (χ2v) is 6.90. The first-order chi connectivity index (χ1) is 12.4. The van der Waals surface area contributed by atoms with Crippen LogP contribution in [-0.2, 0) is 6.18 Å². The molecule has 0 aliphatic heterocycles. The Morgan fingerprint density at radius 3 is 2.33 bits per heavy atom. The Balaban J connectivity index is 2.43. The fourth-order valence-corrected chi connectivity index (χ4v) is 2.07. The van der Waals surface area contributed by atoms with Crippen LogP contribution in [0, 0.1) is 10.1 Å². The number of halogens is 4. The third-order valence-corrected chi connectivity index (χ3v) is 3.44. The number of benzene rings is 1. The van der Waals surface area contributed by atoms with Crippen molar-refractivity contribution in [2.75, 3.05) is 10.7 Å². The molecule has 2 aromatic rings. The standard InChI is InChI=1S/C15H16ClF3N6O2/c1-14(2,3)24-23-13-11(25(26)27)12(20-7-21-13)22-10-6-8(15(17,18)19)4-5-9(10)16/h4-7,24H,1-3H3,(H2,20,21,22,23). The highest BCUT2D eigenvalue weighted by Crippen LogP contribution is 2.37. The Labute approximate surface area is 157 Å². The van der Waals surface area contributed by atoms with Crippen molar-refractivity contribution < 1.29 is 18.1 Å². The van der Waals surface area contributed by atoms with Crippen LogP contribution in [0.3, 0.4) is 0 Å². The molecular formula is C15H16ClF3N6O2. The van der Waals surface area contributed by atoms with Crippen molar-refractivity contribution in [2.24, 2.45) is 0 Å². The Bertz CT molecular complexity index is 854. The molecule has 0 spiro atoms. The molecule has 0 saturated heterocycles. The number of rotatable bonds is 5. The van der Waals surface area contributed by atoms with Crippen LogP contribution in [0.2, 0.25) is 5.02 Å². The molecule has 1 aromatic carbocycles. The average Bonchev–Trinajstić information content (AvgIpc) is 2.53. The fourth-order valence-electron chi connectivity index (χ4n) is 1.91. The number of hydrogen-bond acceptors (Lipinski definition) is 7. The number of aromatic nitrogens is 2. The second kappa shape index (κ2) is 7.53. The van der Waals surface area contributed by atoms with Gasteiger partial charge in [-0.25, -0.2) is 15.4 Å². The van der Waals surface area contributed by atoms with E-state index < -0.39 is 27.9 Å². The molecule has 0 aliphatic rings. The second-order valence-electron chi connectivity index (χ2n) is 6.49. The molecule has 0 bridgehead atoms. The molecule has 0 unspecified atom stereocenters. The summed E-state index contributed by atoms with van der Waals surface area (Å²) in [5, 5.41) is 13.9. The molecular weight excluding hydrogens is 389 g/mol. The molecule has 27 heavy (non-hydrogen) atoms. The molecule has 0 radical (unpaired) electrons. The third kappa shape index (κ3) is 5.41. The minimum atomic E-state index is -4.60. The maximum atomic E-state index is 12.9. The number of anilines is 3. The van der Waals surface area contributed by atoms with Gasteiger partial charge in [-0.3, -0.25) is 15.5 Å². The first kappa shape index (κ1) is 20.6. The van der Waals surface area contributed by atoms with Gasteiger partial charge >= 0.3 is 11.9 Å². The minimum Gasteiger partial charge on any atom is -0.333 e. The number of nitro groups is 1. The number of nitrogens with one attached hydrogen (secondary N) is 3. The van der Waals surface area contributed by atoms with E-state index in [1.807, 2.05) is 20.8 Å². The van der Waals surface area contributed by atoms with Crippen molar-refractivity contribution in [3.05, 3.63) is 45.2 Å². The number of nitrogens with zero attached hydrogens (tertiary/aromatic N) is 3. The van der Waals surface area contributed by atoms with E-state index in [-0.39, 0.29) is 22.3 Å². The van der Waals surface area contributed by atoms with Crippen molar-refractivity contribution >= 4 is 34.6 Å². The summed E-state index contributed by atoms with van der Waals surface area (Å²) in [6, 6.07) is 2.59. The summed E-state index contributed by atoms with van der Waals surface area (Å²) in [5.74, 6) is -0.468. The highest BCUT2D eigenvalue weighted by Gasteiger charge is 2.31. The van der Waals surface area contributed by atoms with E-state index in [1.54, 1.807) is 0 Å². The summed E-state index contributed by atoms with van der Waals surface area (Å²) in [4.78, 5) is 18.3. The summed E-state index contributed by atoms with van der Waals surface area (Å²) in [7, 11) is 0. The quantitative estimate of drug-likeness (QED) is 0.497. The summed E-state index contributed by atoms with van der Waals surface area (Å²) in [6.45, 7) is 5.44. The Hall–Kier alpha value is -2.66. The summed E-state index contributed by atoms with van der Waals surface area (Å²) < 4.78 is 38.7. The van der Waals surface area contributed by atoms with Crippen LogP contribution < -0.4 is 16.2 Å². The van der Waals surface area contributed by atoms with E-state index in [9.17, 15) is 23.3 Å². The van der Waals surface area contributed by atoms with E-state index in [2.05, 4.69) is 26.1 Å². The largest absolute Gasteiger partial charge is 0.416 e. The maximum Gasteiger partial charge on any atom is 0.416 e. The molecule has 0 aliphatic carbocycles. The molecule has 146 valence electrons. The van der Waals surface area contributed by atoms with E-state index in [1.165, 1.54) is 0 Å². The van der Waals surface area contributed by atoms with Gasteiger partial charge in [-0.15, -0.1) is 0 Å². The van der Waals surface area contributed by atoms with Crippen molar-refractivity contribution in [1.29, 1.82) is 0 Å². The number of hydrogen-bond donors (Lipinski definition) is 3. The van der Waals surface area contributed by atoms with Gasteiger partial charge < -0.3 is 5.32 Å². The first-order valence-corrected chi connectivity index (χ1v) is 7.92. The lowest BCUT2D eigenvalue weighted by Crippen LogP contribution is -2.40. The van der Waals surface area contributed by atoms with Crippen molar-refractivity contribution in [1.82, 2.24) is 15.4 Å². The first-order valence-electron chi connectivity index (χ1n) is 7.55. The molecule has 2 rings (SSSR count). The molecule has 8 nitrogen and oxygen atoms in total. The van der Waals surface area contributed by atoms with E-state index in [0.29, 0.717) is 0 Å². The lowest BCUT2D eigenvalue weighted by molar-refractivity contribution is -0.383. The molecule has 0 fully saturated rings. The van der Waals surface area contributed by atoms with Crippen LogP contribution in [0.5, 0.6) is 0 Å². The van der Waals surface area contributed by atoms with Crippen LogP contribution in [0.1, 0.15) is 26.3 Å². The van der Waals surface area contributed by atoms with E-state index in [0.717, 1.165) is 24.5 Å². The normalized spacial score (nSPS) is 12.0.